The zero-order chi connectivity index (χ0) is 23.5. The molecule has 0 bridgehead atoms. The standard InChI is InChI=1S/C21H19F3N4O4S/c1-2-33(30,31)26-12-8-13-10-28(21(29)27(13)9-12)20-19-14(6-11(22)7-17(19)32-25-20)18-15(23)4-3-5-16(18)24/h3-7,12-13,26H,2,8-10H2,1H3/t12-,13-/m0/s1. The number of carbonyl (C=O) groups excluding carboxylic acids is 1. The molecule has 2 saturated heterocycles. The van der Waals surface area contributed by atoms with Crippen LogP contribution >= 0.6 is 0 Å². The zero-order valence-corrected chi connectivity index (χ0v) is 18.2. The number of halogens is 3. The van der Waals surface area contributed by atoms with Gasteiger partial charge in [-0.3, -0.25) is 4.90 Å². The summed E-state index contributed by atoms with van der Waals surface area (Å²) in [5.74, 6) is -2.61. The molecule has 8 nitrogen and oxygen atoms in total. The molecule has 3 heterocycles. The van der Waals surface area contributed by atoms with Crippen molar-refractivity contribution >= 4 is 32.8 Å². The number of aromatic nitrogens is 1. The minimum Gasteiger partial charge on any atom is -0.354 e. The van der Waals surface area contributed by atoms with Crippen molar-refractivity contribution in [3.8, 4) is 11.1 Å². The van der Waals surface area contributed by atoms with Crippen LogP contribution in [0.15, 0.2) is 34.9 Å². The van der Waals surface area contributed by atoms with Gasteiger partial charge < -0.3 is 9.42 Å². The Kier molecular flexibility index (Phi) is 5.09. The van der Waals surface area contributed by atoms with E-state index < -0.39 is 45.1 Å². The molecule has 2 atom stereocenters. The van der Waals surface area contributed by atoms with Crippen LogP contribution in [-0.4, -0.2) is 55.4 Å². The lowest BCUT2D eigenvalue weighted by atomic mass is 10.00. The summed E-state index contributed by atoms with van der Waals surface area (Å²) in [6, 6.07) is 4.17. The van der Waals surface area contributed by atoms with Crippen LogP contribution in [-0.2, 0) is 10.0 Å². The molecule has 0 aliphatic carbocycles. The first-order valence-corrected chi connectivity index (χ1v) is 11.9. The molecule has 2 amide bonds. The molecular weight excluding hydrogens is 461 g/mol. The van der Waals surface area contributed by atoms with E-state index in [0.717, 1.165) is 24.3 Å². The highest BCUT2D eigenvalue weighted by Crippen LogP contribution is 2.41. The summed E-state index contributed by atoms with van der Waals surface area (Å²) < 4.78 is 74.8. The molecule has 1 aromatic heterocycles. The summed E-state index contributed by atoms with van der Waals surface area (Å²) in [7, 11) is -3.42. The molecule has 3 aromatic rings. The second-order valence-corrected chi connectivity index (χ2v) is 10.1. The molecule has 0 spiro atoms. The smallest absolute Gasteiger partial charge is 0.326 e. The summed E-state index contributed by atoms with van der Waals surface area (Å²) in [4.78, 5) is 16.0. The van der Waals surface area contributed by atoms with Gasteiger partial charge in [-0.25, -0.2) is 31.1 Å². The Morgan fingerprint density at radius 3 is 2.58 bits per heavy atom. The third-order valence-corrected chi connectivity index (χ3v) is 7.47. The first kappa shape index (κ1) is 21.7. The number of nitrogens with one attached hydrogen (secondary N) is 1. The Hall–Kier alpha value is -3.12. The Morgan fingerprint density at radius 2 is 1.91 bits per heavy atom. The number of hydrogen-bond acceptors (Lipinski definition) is 5. The van der Waals surface area contributed by atoms with Gasteiger partial charge in [-0.2, -0.15) is 0 Å². The van der Waals surface area contributed by atoms with Crippen molar-refractivity contribution in [2.75, 3.05) is 23.7 Å². The Balaban J connectivity index is 1.52. The van der Waals surface area contributed by atoms with Crippen molar-refractivity contribution in [3.63, 3.8) is 0 Å². The highest BCUT2D eigenvalue weighted by atomic mass is 32.2. The fraction of sp³-hybridized carbons (Fsp3) is 0.333. The average molecular weight is 480 g/mol. The summed E-state index contributed by atoms with van der Waals surface area (Å²) in [6.07, 6.45) is 0.403. The van der Waals surface area contributed by atoms with E-state index in [2.05, 4.69) is 9.88 Å². The molecule has 0 unspecified atom stereocenters. The number of urea groups is 1. The highest BCUT2D eigenvalue weighted by molar-refractivity contribution is 7.89. The molecule has 2 fully saturated rings. The first-order chi connectivity index (χ1) is 15.7. The minimum atomic E-state index is -3.42. The van der Waals surface area contributed by atoms with Crippen LogP contribution in [0.3, 0.4) is 0 Å². The number of anilines is 1. The molecule has 0 saturated carbocycles. The second-order valence-electron chi connectivity index (χ2n) is 8.08. The van der Waals surface area contributed by atoms with E-state index in [-0.39, 0.29) is 47.2 Å². The Bertz CT molecular complexity index is 1360. The van der Waals surface area contributed by atoms with Gasteiger partial charge in [0.2, 0.25) is 10.0 Å². The van der Waals surface area contributed by atoms with Gasteiger partial charge in [0, 0.05) is 30.8 Å². The number of carbonyl (C=O) groups is 1. The van der Waals surface area contributed by atoms with Crippen LogP contribution < -0.4 is 9.62 Å². The Morgan fingerprint density at radius 1 is 1.18 bits per heavy atom. The molecule has 174 valence electrons. The van der Waals surface area contributed by atoms with Crippen molar-refractivity contribution in [3.05, 3.63) is 47.8 Å². The fourth-order valence-corrected chi connectivity index (χ4v) is 5.37. The van der Waals surface area contributed by atoms with Gasteiger partial charge in [0.05, 0.1) is 22.7 Å². The summed E-state index contributed by atoms with van der Waals surface area (Å²) in [5, 5.41) is 4.02. The number of rotatable bonds is 5. The van der Waals surface area contributed by atoms with E-state index in [1.165, 1.54) is 22.8 Å². The van der Waals surface area contributed by atoms with Crippen molar-refractivity contribution in [1.29, 1.82) is 0 Å². The molecule has 5 rings (SSSR count). The number of hydrogen-bond donors (Lipinski definition) is 1. The molecule has 2 aliphatic rings. The van der Waals surface area contributed by atoms with Gasteiger partial charge in [-0.05, 0) is 31.5 Å². The molecular formula is C21H19F3N4O4S. The van der Waals surface area contributed by atoms with E-state index >= 15 is 0 Å². The van der Waals surface area contributed by atoms with Crippen LogP contribution in [0.5, 0.6) is 0 Å². The molecule has 33 heavy (non-hydrogen) atoms. The summed E-state index contributed by atoms with van der Waals surface area (Å²) in [6.45, 7) is 1.87. The van der Waals surface area contributed by atoms with Gasteiger partial charge in [-0.15, -0.1) is 0 Å². The van der Waals surface area contributed by atoms with Crippen LogP contribution in [0.4, 0.5) is 23.8 Å². The lowest BCUT2D eigenvalue weighted by molar-refractivity contribution is 0.218. The van der Waals surface area contributed by atoms with Crippen molar-refractivity contribution in [2.24, 2.45) is 0 Å². The monoisotopic (exact) mass is 480 g/mol. The van der Waals surface area contributed by atoms with Gasteiger partial charge in [-0.1, -0.05) is 11.2 Å². The van der Waals surface area contributed by atoms with Crippen molar-refractivity contribution in [2.45, 2.75) is 25.4 Å². The predicted octanol–water partition coefficient (Wildman–Crippen LogP) is 3.23. The molecule has 12 heteroatoms. The number of sulfonamides is 1. The number of nitrogens with zero attached hydrogens (tertiary/aromatic N) is 3. The fourth-order valence-electron chi connectivity index (χ4n) is 4.53. The first-order valence-electron chi connectivity index (χ1n) is 10.3. The maximum absolute atomic E-state index is 14.5. The third kappa shape index (κ3) is 3.62. The average Bonchev–Trinajstić information content (AvgIpc) is 3.41. The predicted molar refractivity (Wildman–Crippen MR) is 114 cm³/mol. The second kappa shape index (κ2) is 7.73. The van der Waals surface area contributed by atoms with Gasteiger partial charge in [0.15, 0.2) is 11.4 Å². The van der Waals surface area contributed by atoms with E-state index in [0.29, 0.717) is 6.42 Å². The van der Waals surface area contributed by atoms with E-state index in [1.54, 1.807) is 0 Å². The number of amides is 2. The van der Waals surface area contributed by atoms with E-state index in [9.17, 15) is 26.4 Å². The minimum absolute atomic E-state index is 0.0211. The summed E-state index contributed by atoms with van der Waals surface area (Å²) in [5.41, 5.74) is -0.631. The SMILES string of the molecule is CCS(=O)(=O)N[C@H]1C[C@H]2CN(c3noc4cc(F)cc(-c5c(F)cccc5F)c34)C(=O)N2C1. The zero-order valence-electron chi connectivity index (χ0n) is 17.4. The lowest BCUT2D eigenvalue weighted by Crippen LogP contribution is -2.41. The topological polar surface area (TPSA) is 95.7 Å². The van der Waals surface area contributed by atoms with Crippen LogP contribution in [0.25, 0.3) is 22.1 Å². The molecule has 2 aromatic carbocycles. The maximum atomic E-state index is 14.5. The Labute approximate surface area is 187 Å². The van der Waals surface area contributed by atoms with Gasteiger partial charge in [0.1, 0.15) is 17.5 Å². The van der Waals surface area contributed by atoms with Crippen molar-refractivity contribution in [1.82, 2.24) is 14.8 Å². The maximum Gasteiger partial charge on any atom is 0.326 e. The molecule has 2 aliphatic heterocycles. The van der Waals surface area contributed by atoms with Crippen LogP contribution in [0.1, 0.15) is 13.3 Å². The summed E-state index contributed by atoms with van der Waals surface area (Å²) >= 11 is 0. The lowest BCUT2D eigenvalue weighted by Gasteiger charge is -2.18. The van der Waals surface area contributed by atoms with Gasteiger partial charge >= 0.3 is 6.03 Å². The highest BCUT2D eigenvalue weighted by Gasteiger charge is 2.46. The van der Waals surface area contributed by atoms with Crippen LogP contribution in [0.2, 0.25) is 0 Å². The quantitative estimate of drug-likeness (QED) is 0.605. The van der Waals surface area contributed by atoms with Crippen molar-refractivity contribution < 1.29 is 30.9 Å². The normalized spacial score (nSPS) is 20.8. The number of benzene rings is 2. The molecule has 0 radical (unpaired) electrons. The third-order valence-electron chi connectivity index (χ3n) is 6.02. The van der Waals surface area contributed by atoms with Crippen LogP contribution in [0, 0.1) is 17.5 Å². The van der Waals surface area contributed by atoms with Gasteiger partial charge in [0.25, 0.3) is 0 Å². The van der Waals surface area contributed by atoms with E-state index in [1.807, 2.05) is 0 Å². The number of fused-ring (bicyclic) bond motifs is 2. The largest absolute Gasteiger partial charge is 0.354 e. The molecule has 1 N–H and O–H groups in total. The van der Waals surface area contributed by atoms with E-state index in [4.69, 9.17) is 4.52 Å².